The maximum absolute atomic E-state index is 8.77. The highest BCUT2D eigenvalue weighted by atomic mass is 28.4. The number of hydrogen-bond acceptors (Lipinski definition) is 5. The van der Waals surface area contributed by atoms with Crippen molar-refractivity contribution in [2.45, 2.75) is 58.0 Å². The van der Waals surface area contributed by atoms with Gasteiger partial charge in [0.05, 0.1) is 31.7 Å². The Balaban J connectivity index is 2.27. The van der Waals surface area contributed by atoms with Crippen molar-refractivity contribution in [3.8, 4) is 6.07 Å². The molecule has 1 atom stereocenters. The number of aryl methyl sites for hydroxylation is 1. The minimum absolute atomic E-state index is 0.134. The molecule has 0 radical (unpaired) electrons. The quantitative estimate of drug-likeness (QED) is 0.864. The molecule has 0 unspecified atom stereocenters. The predicted molar refractivity (Wildman–Crippen MR) is 90.5 cm³/mol. The average molecular weight is 319 g/mol. The van der Waals surface area contributed by atoms with Crippen LogP contribution in [0.5, 0.6) is 0 Å². The third-order valence-electron chi connectivity index (χ3n) is 4.44. The Bertz CT molecular complexity index is 594. The summed E-state index contributed by atoms with van der Waals surface area (Å²) in [7, 11) is -1.90. The van der Waals surface area contributed by atoms with Crippen LogP contribution in [0, 0.1) is 11.3 Å². The van der Waals surface area contributed by atoms with Crippen LogP contribution < -0.4 is 5.32 Å². The molecule has 2 heterocycles. The lowest BCUT2D eigenvalue weighted by molar-refractivity contribution is 0.189. The molecular formula is C15H25N5OSi. The Morgan fingerprint density at radius 3 is 2.86 bits per heavy atom. The van der Waals surface area contributed by atoms with Crippen LogP contribution in [0.3, 0.4) is 0 Å². The zero-order valence-electron chi connectivity index (χ0n) is 14.1. The number of nitriles is 1. The number of nitrogens with one attached hydrogen (secondary N) is 1. The number of rotatable bonds is 4. The standard InChI is InChI=1S/C15H25N5OSi/c1-15(2,3)22(4,5)21-12-9-17-10-18-14-13(12)19-11-20(14)8-6-7-16/h10-12H,6,8-9H2,1-5H3,(H,17,18)/t12-/m1/s1. The molecular weight excluding hydrogens is 294 g/mol. The van der Waals surface area contributed by atoms with Crippen molar-refractivity contribution in [3.05, 3.63) is 12.0 Å². The molecule has 0 spiro atoms. The first-order valence-corrected chi connectivity index (χ1v) is 10.5. The summed E-state index contributed by atoms with van der Waals surface area (Å²) >= 11 is 0. The van der Waals surface area contributed by atoms with Crippen LogP contribution in [0.4, 0.5) is 5.82 Å². The molecule has 1 aliphatic rings. The van der Waals surface area contributed by atoms with Crippen LogP contribution in [0.15, 0.2) is 11.3 Å². The predicted octanol–water partition coefficient (Wildman–Crippen LogP) is 3.31. The van der Waals surface area contributed by atoms with Gasteiger partial charge >= 0.3 is 0 Å². The van der Waals surface area contributed by atoms with Gasteiger partial charge in [-0.25, -0.2) is 4.98 Å². The Morgan fingerprint density at radius 2 is 2.23 bits per heavy atom. The Kier molecular flexibility index (Phi) is 4.73. The minimum Gasteiger partial charge on any atom is -0.406 e. The molecule has 1 aromatic rings. The molecule has 0 saturated heterocycles. The molecule has 0 fully saturated rings. The van der Waals surface area contributed by atoms with Gasteiger partial charge in [-0.15, -0.1) is 0 Å². The number of aliphatic imine (C=N–C) groups is 1. The van der Waals surface area contributed by atoms with Gasteiger partial charge < -0.3 is 14.3 Å². The molecule has 0 aromatic carbocycles. The van der Waals surface area contributed by atoms with Crippen LogP contribution in [0.1, 0.15) is 39.0 Å². The maximum Gasteiger partial charge on any atom is 0.193 e. The summed E-state index contributed by atoms with van der Waals surface area (Å²) < 4.78 is 8.47. The van der Waals surface area contributed by atoms with E-state index in [-0.39, 0.29) is 11.1 Å². The fourth-order valence-electron chi connectivity index (χ4n) is 2.10. The normalized spacial score (nSPS) is 18.3. The smallest absolute Gasteiger partial charge is 0.193 e. The SMILES string of the molecule is CC(C)(C)[Si](C)(C)O[C@@H]1CN=CNc2c1ncn2CCC#N. The number of imidazole rings is 1. The van der Waals surface area contributed by atoms with E-state index in [1.54, 1.807) is 12.7 Å². The summed E-state index contributed by atoms with van der Waals surface area (Å²) in [5, 5.41) is 12.1. The van der Waals surface area contributed by atoms with Gasteiger partial charge in [0.25, 0.3) is 0 Å². The third-order valence-corrected chi connectivity index (χ3v) is 8.93. The van der Waals surface area contributed by atoms with Gasteiger partial charge in [-0.1, -0.05) is 20.8 Å². The van der Waals surface area contributed by atoms with E-state index in [4.69, 9.17) is 9.69 Å². The summed E-state index contributed by atoms with van der Waals surface area (Å²) in [6, 6.07) is 2.16. The van der Waals surface area contributed by atoms with Crippen molar-refractivity contribution in [2.24, 2.45) is 4.99 Å². The lowest BCUT2D eigenvalue weighted by Gasteiger charge is -2.38. The molecule has 2 rings (SSSR count). The second kappa shape index (κ2) is 6.22. The van der Waals surface area contributed by atoms with Crippen molar-refractivity contribution in [1.29, 1.82) is 5.26 Å². The van der Waals surface area contributed by atoms with Crippen LogP contribution in [-0.2, 0) is 11.0 Å². The summed E-state index contributed by atoms with van der Waals surface area (Å²) in [6.45, 7) is 12.3. The molecule has 1 N–H and O–H groups in total. The van der Waals surface area contributed by atoms with Crippen molar-refractivity contribution >= 4 is 20.5 Å². The highest BCUT2D eigenvalue weighted by Crippen LogP contribution is 2.40. The van der Waals surface area contributed by atoms with Crippen molar-refractivity contribution in [3.63, 3.8) is 0 Å². The number of hydrogen-bond donors (Lipinski definition) is 1. The van der Waals surface area contributed by atoms with Crippen molar-refractivity contribution in [2.75, 3.05) is 11.9 Å². The van der Waals surface area contributed by atoms with Gasteiger partial charge in [-0.3, -0.25) is 4.99 Å². The van der Waals surface area contributed by atoms with Crippen LogP contribution in [0.25, 0.3) is 0 Å². The van der Waals surface area contributed by atoms with E-state index in [0.29, 0.717) is 19.5 Å². The molecule has 120 valence electrons. The fourth-order valence-corrected chi connectivity index (χ4v) is 3.35. The highest BCUT2D eigenvalue weighted by molar-refractivity contribution is 6.74. The second-order valence-electron chi connectivity index (χ2n) is 7.09. The van der Waals surface area contributed by atoms with E-state index in [2.05, 4.69) is 55.2 Å². The fraction of sp³-hybridized carbons (Fsp3) is 0.667. The van der Waals surface area contributed by atoms with Gasteiger partial charge in [-0.05, 0) is 18.1 Å². The molecule has 22 heavy (non-hydrogen) atoms. The van der Waals surface area contributed by atoms with Crippen molar-refractivity contribution in [1.82, 2.24) is 9.55 Å². The molecule has 0 amide bonds. The maximum atomic E-state index is 8.77. The first-order valence-electron chi connectivity index (χ1n) is 7.61. The zero-order chi connectivity index (χ0) is 16.4. The molecule has 0 aliphatic carbocycles. The molecule has 1 aromatic heterocycles. The summed E-state index contributed by atoms with van der Waals surface area (Å²) in [5.74, 6) is 0.889. The lowest BCUT2D eigenvalue weighted by Crippen LogP contribution is -2.42. The van der Waals surface area contributed by atoms with E-state index >= 15 is 0 Å². The molecule has 0 saturated carbocycles. The van der Waals surface area contributed by atoms with E-state index in [9.17, 15) is 0 Å². The number of aromatic nitrogens is 2. The zero-order valence-corrected chi connectivity index (χ0v) is 15.1. The van der Waals surface area contributed by atoms with Crippen LogP contribution >= 0.6 is 0 Å². The van der Waals surface area contributed by atoms with E-state index in [1.165, 1.54) is 0 Å². The number of anilines is 1. The number of nitrogens with zero attached hydrogens (tertiary/aromatic N) is 4. The molecule has 1 aliphatic heterocycles. The topological polar surface area (TPSA) is 75.2 Å². The summed E-state index contributed by atoms with van der Waals surface area (Å²) in [4.78, 5) is 8.90. The van der Waals surface area contributed by atoms with Gasteiger partial charge in [-0.2, -0.15) is 5.26 Å². The lowest BCUT2D eigenvalue weighted by atomic mass is 10.2. The summed E-state index contributed by atoms with van der Waals surface area (Å²) in [5.41, 5.74) is 0.889. The average Bonchev–Trinajstić information content (AvgIpc) is 2.71. The molecule has 0 bridgehead atoms. The van der Waals surface area contributed by atoms with Crippen LogP contribution in [0.2, 0.25) is 18.1 Å². The Labute approximate surface area is 133 Å². The third kappa shape index (κ3) is 3.39. The largest absolute Gasteiger partial charge is 0.406 e. The highest BCUT2D eigenvalue weighted by Gasteiger charge is 2.40. The minimum atomic E-state index is -1.90. The van der Waals surface area contributed by atoms with Crippen molar-refractivity contribution < 1.29 is 4.43 Å². The van der Waals surface area contributed by atoms with Gasteiger partial charge in [0, 0.05) is 6.54 Å². The van der Waals surface area contributed by atoms with E-state index < -0.39 is 8.32 Å². The van der Waals surface area contributed by atoms with Gasteiger partial charge in [0.15, 0.2) is 8.32 Å². The van der Waals surface area contributed by atoms with Crippen LogP contribution in [-0.4, -0.2) is 30.8 Å². The molecule has 7 heteroatoms. The molecule has 6 nitrogen and oxygen atoms in total. The van der Waals surface area contributed by atoms with Gasteiger partial charge in [0.2, 0.25) is 0 Å². The van der Waals surface area contributed by atoms with Gasteiger partial charge in [0.1, 0.15) is 17.6 Å². The van der Waals surface area contributed by atoms with E-state index in [1.807, 2.05) is 4.57 Å². The Morgan fingerprint density at radius 1 is 1.50 bits per heavy atom. The first-order chi connectivity index (χ1) is 10.3. The monoisotopic (exact) mass is 319 g/mol. The van der Waals surface area contributed by atoms with E-state index in [0.717, 1.165) is 11.5 Å². The number of fused-ring (bicyclic) bond motifs is 1. The summed E-state index contributed by atoms with van der Waals surface area (Å²) in [6.07, 6.45) is 3.79. The second-order valence-corrected chi connectivity index (χ2v) is 11.8. The Hall–Kier alpha value is -1.65. The first kappa shape index (κ1) is 16.7.